The highest BCUT2D eigenvalue weighted by atomic mass is 35.5. The van der Waals surface area contributed by atoms with Crippen LogP contribution in [0, 0.1) is 0 Å². The van der Waals surface area contributed by atoms with E-state index in [1.165, 1.54) is 23.1 Å². The van der Waals surface area contributed by atoms with Gasteiger partial charge >= 0.3 is 0 Å². The number of hydrogen-bond donors (Lipinski definition) is 1. The Labute approximate surface area is 175 Å². The van der Waals surface area contributed by atoms with Crippen molar-refractivity contribution in [3.8, 4) is 0 Å². The zero-order valence-corrected chi connectivity index (χ0v) is 17.3. The second-order valence-electron chi connectivity index (χ2n) is 6.29. The lowest BCUT2D eigenvalue weighted by molar-refractivity contribution is -0.127. The number of rotatable bonds is 7. The van der Waals surface area contributed by atoms with Gasteiger partial charge in [-0.15, -0.1) is 21.5 Å². The largest absolute Gasteiger partial charge is 0.416 e. The number of hydrogen-bond acceptors (Lipinski definition) is 8. The van der Waals surface area contributed by atoms with Crippen molar-refractivity contribution < 1.29 is 9.21 Å². The fraction of sp³-hybridized carbons (Fsp3) is 0.333. The van der Waals surface area contributed by atoms with E-state index < -0.39 is 0 Å². The second-order valence-corrected chi connectivity index (χ2v) is 8.52. The molecule has 0 spiro atoms. The summed E-state index contributed by atoms with van der Waals surface area (Å²) >= 11 is 8.77. The number of nitrogens with zero attached hydrogens (tertiary/aromatic N) is 4. The molecule has 0 bridgehead atoms. The Bertz CT molecular complexity index is 955. The van der Waals surface area contributed by atoms with Crippen LogP contribution in [0.3, 0.4) is 0 Å². The number of carbonyl (C=O) groups excluding carboxylic acids is 1. The highest BCUT2D eigenvalue weighted by Crippen LogP contribution is 2.25. The molecular formula is C18H18ClN5O2S2. The van der Waals surface area contributed by atoms with Crippen molar-refractivity contribution in [2.75, 3.05) is 24.2 Å². The van der Waals surface area contributed by atoms with Gasteiger partial charge in [-0.05, 0) is 31.0 Å². The Hall–Kier alpha value is -2.10. The highest BCUT2D eigenvalue weighted by Gasteiger charge is 2.19. The quantitative estimate of drug-likeness (QED) is 0.556. The summed E-state index contributed by atoms with van der Waals surface area (Å²) in [5.74, 6) is 0.931. The summed E-state index contributed by atoms with van der Waals surface area (Å²) in [6.07, 6.45) is 2.62. The summed E-state index contributed by atoms with van der Waals surface area (Å²) in [5.41, 5.74) is 1.72. The van der Waals surface area contributed by atoms with Crippen molar-refractivity contribution in [3.05, 3.63) is 46.3 Å². The maximum absolute atomic E-state index is 12.1. The van der Waals surface area contributed by atoms with Gasteiger partial charge in [0.1, 0.15) is 0 Å². The lowest BCUT2D eigenvalue weighted by Gasteiger charge is -2.13. The molecule has 0 aliphatic carbocycles. The summed E-state index contributed by atoms with van der Waals surface area (Å²) in [6, 6.07) is 7.47. The Balaban J connectivity index is 1.30. The van der Waals surface area contributed by atoms with E-state index in [0.29, 0.717) is 28.3 Å². The zero-order chi connectivity index (χ0) is 19.3. The minimum Gasteiger partial charge on any atom is -0.416 e. The van der Waals surface area contributed by atoms with Gasteiger partial charge in [0, 0.05) is 29.2 Å². The van der Waals surface area contributed by atoms with E-state index in [4.69, 9.17) is 16.0 Å². The first-order valence-electron chi connectivity index (χ1n) is 8.86. The number of anilines is 2. The van der Waals surface area contributed by atoms with Gasteiger partial charge in [-0.25, -0.2) is 4.98 Å². The van der Waals surface area contributed by atoms with E-state index in [0.717, 1.165) is 42.4 Å². The van der Waals surface area contributed by atoms with Gasteiger partial charge in [0.15, 0.2) is 5.13 Å². The molecule has 1 N–H and O–H groups in total. The van der Waals surface area contributed by atoms with Crippen LogP contribution < -0.4 is 5.32 Å². The Kier molecular flexibility index (Phi) is 6.13. The minimum atomic E-state index is 0.124. The molecule has 3 heterocycles. The van der Waals surface area contributed by atoms with Gasteiger partial charge in [-0.1, -0.05) is 29.4 Å². The Morgan fingerprint density at radius 1 is 1.32 bits per heavy atom. The van der Waals surface area contributed by atoms with Crippen LogP contribution in [0.4, 0.5) is 10.8 Å². The second kappa shape index (κ2) is 8.93. The monoisotopic (exact) mass is 435 g/mol. The molecule has 1 saturated heterocycles. The van der Waals surface area contributed by atoms with E-state index >= 15 is 0 Å². The summed E-state index contributed by atoms with van der Waals surface area (Å²) in [4.78, 5) is 18.5. The molecule has 4 rings (SSSR count). The SMILES string of the molecule is O=C(CSc1nnc(Cc2csc(Nc3cccc(Cl)c3)n2)o1)N1CCCC1. The van der Waals surface area contributed by atoms with Gasteiger partial charge in [0.2, 0.25) is 11.8 Å². The Morgan fingerprint density at radius 3 is 3.00 bits per heavy atom. The average Bonchev–Trinajstić information content (AvgIpc) is 3.43. The molecule has 7 nitrogen and oxygen atoms in total. The third-order valence-corrected chi connectivity index (χ3v) is 6.03. The molecule has 1 amide bonds. The van der Waals surface area contributed by atoms with Crippen LogP contribution in [-0.2, 0) is 11.2 Å². The summed E-state index contributed by atoms with van der Waals surface area (Å²) in [6.45, 7) is 1.70. The van der Waals surface area contributed by atoms with Gasteiger partial charge < -0.3 is 14.6 Å². The fourth-order valence-corrected chi connectivity index (χ4v) is 4.44. The molecule has 3 aromatic rings. The highest BCUT2D eigenvalue weighted by molar-refractivity contribution is 7.99. The first kappa shape index (κ1) is 19.2. The fourth-order valence-electron chi connectivity index (χ4n) is 2.84. The molecule has 1 aliphatic rings. The van der Waals surface area contributed by atoms with E-state index in [2.05, 4.69) is 20.5 Å². The smallest absolute Gasteiger partial charge is 0.277 e. The summed E-state index contributed by atoms with van der Waals surface area (Å²) < 4.78 is 5.64. The number of benzene rings is 1. The Morgan fingerprint density at radius 2 is 2.18 bits per heavy atom. The van der Waals surface area contributed by atoms with Crippen LogP contribution in [0.5, 0.6) is 0 Å². The summed E-state index contributed by atoms with van der Waals surface area (Å²) in [7, 11) is 0. The maximum atomic E-state index is 12.1. The molecule has 0 atom stereocenters. The maximum Gasteiger partial charge on any atom is 0.277 e. The standard InChI is InChI=1S/C18H18ClN5O2S2/c19-12-4-3-5-13(8-12)20-17-21-14(10-27-17)9-15-22-23-18(26-15)28-11-16(25)24-6-1-2-7-24/h3-5,8,10H,1-2,6-7,9,11H2,(H,20,21). The van der Waals surface area contributed by atoms with Crippen molar-refractivity contribution in [1.82, 2.24) is 20.1 Å². The summed E-state index contributed by atoms with van der Waals surface area (Å²) in [5, 5.41) is 15.1. The van der Waals surface area contributed by atoms with Crippen molar-refractivity contribution in [2.24, 2.45) is 0 Å². The van der Waals surface area contributed by atoms with Crippen molar-refractivity contribution >= 4 is 51.4 Å². The number of halogens is 1. The molecule has 0 radical (unpaired) electrons. The lowest BCUT2D eigenvalue weighted by Crippen LogP contribution is -2.29. The third kappa shape index (κ3) is 5.03. The van der Waals surface area contributed by atoms with Crippen molar-refractivity contribution in [3.63, 3.8) is 0 Å². The van der Waals surface area contributed by atoms with E-state index in [1.807, 2.05) is 34.5 Å². The molecule has 28 heavy (non-hydrogen) atoms. The van der Waals surface area contributed by atoms with Gasteiger partial charge in [0.05, 0.1) is 17.9 Å². The number of thioether (sulfide) groups is 1. The third-order valence-electron chi connectivity index (χ3n) is 4.19. The van der Waals surface area contributed by atoms with Crippen LogP contribution in [-0.4, -0.2) is 44.8 Å². The first-order chi connectivity index (χ1) is 13.7. The number of likely N-dealkylation sites (tertiary alicyclic amines) is 1. The van der Waals surface area contributed by atoms with E-state index in [1.54, 1.807) is 0 Å². The van der Waals surface area contributed by atoms with Crippen LogP contribution in [0.25, 0.3) is 0 Å². The molecule has 0 unspecified atom stereocenters. The minimum absolute atomic E-state index is 0.124. The number of aromatic nitrogens is 3. The zero-order valence-electron chi connectivity index (χ0n) is 14.9. The van der Waals surface area contributed by atoms with Gasteiger partial charge in [-0.3, -0.25) is 4.79 Å². The average molecular weight is 436 g/mol. The predicted molar refractivity (Wildman–Crippen MR) is 110 cm³/mol. The first-order valence-corrected chi connectivity index (χ1v) is 11.1. The number of amides is 1. The molecule has 1 aliphatic heterocycles. The van der Waals surface area contributed by atoms with Crippen LogP contribution >= 0.6 is 34.7 Å². The number of thiazole rings is 1. The predicted octanol–water partition coefficient (Wildman–Crippen LogP) is 4.23. The van der Waals surface area contributed by atoms with E-state index in [9.17, 15) is 4.79 Å². The molecule has 146 valence electrons. The van der Waals surface area contributed by atoms with E-state index in [-0.39, 0.29) is 5.91 Å². The van der Waals surface area contributed by atoms with Crippen molar-refractivity contribution in [2.45, 2.75) is 24.5 Å². The van der Waals surface area contributed by atoms with Gasteiger partial charge in [-0.2, -0.15) is 0 Å². The molecule has 0 saturated carbocycles. The molecule has 1 fully saturated rings. The molecule has 10 heteroatoms. The lowest BCUT2D eigenvalue weighted by atomic mass is 10.3. The van der Waals surface area contributed by atoms with Crippen LogP contribution in [0.15, 0.2) is 39.3 Å². The van der Waals surface area contributed by atoms with Crippen molar-refractivity contribution in [1.29, 1.82) is 0 Å². The van der Waals surface area contributed by atoms with Crippen LogP contribution in [0.1, 0.15) is 24.4 Å². The number of nitrogens with one attached hydrogen (secondary N) is 1. The normalized spacial score (nSPS) is 13.8. The topological polar surface area (TPSA) is 84.2 Å². The molecule has 1 aromatic carbocycles. The number of carbonyl (C=O) groups is 1. The van der Waals surface area contributed by atoms with Crippen LogP contribution in [0.2, 0.25) is 5.02 Å². The molecule has 2 aromatic heterocycles. The van der Waals surface area contributed by atoms with Gasteiger partial charge in [0.25, 0.3) is 5.22 Å². The molecular weight excluding hydrogens is 418 g/mol.